The molecule has 1 aromatic carbocycles. The molecule has 0 aliphatic carbocycles. The highest BCUT2D eigenvalue weighted by Crippen LogP contribution is 2.32. The molecule has 2 heterocycles. The Balaban J connectivity index is 1.99. The number of hydrogen-bond acceptors (Lipinski definition) is 3. The first-order valence-corrected chi connectivity index (χ1v) is 6.47. The highest BCUT2D eigenvalue weighted by molar-refractivity contribution is 9.10. The zero-order valence-electron chi connectivity index (χ0n) is 9.51. The van der Waals surface area contributed by atoms with Gasteiger partial charge in [0.05, 0.1) is 5.92 Å². The van der Waals surface area contributed by atoms with E-state index in [1.54, 1.807) is 6.20 Å². The summed E-state index contributed by atoms with van der Waals surface area (Å²) in [6.45, 7) is 1.07. The molecule has 5 heteroatoms. The molecule has 18 heavy (non-hydrogen) atoms. The second-order valence-electron chi connectivity index (χ2n) is 4.41. The molecule has 1 aliphatic rings. The summed E-state index contributed by atoms with van der Waals surface area (Å²) in [5, 5.41) is 11.1. The Bertz CT molecular complexity index is 623. The summed E-state index contributed by atoms with van der Waals surface area (Å²) in [6, 6.07) is 7.92. The van der Waals surface area contributed by atoms with Crippen LogP contribution in [0.5, 0.6) is 0 Å². The van der Waals surface area contributed by atoms with E-state index < -0.39 is 5.97 Å². The highest BCUT2D eigenvalue weighted by atomic mass is 79.9. The first-order chi connectivity index (χ1) is 8.66. The van der Waals surface area contributed by atoms with Crippen LogP contribution in [0.15, 0.2) is 34.9 Å². The topological polar surface area (TPSA) is 53.4 Å². The number of pyridine rings is 1. The number of carboxylic acid groups (broad SMARTS) is 1. The summed E-state index contributed by atoms with van der Waals surface area (Å²) >= 11 is 3.51. The van der Waals surface area contributed by atoms with E-state index in [1.807, 2.05) is 29.2 Å². The van der Waals surface area contributed by atoms with Gasteiger partial charge in [0.15, 0.2) is 0 Å². The van der Waals surface area contributed by atoms with Crippen LogP contribution in [0.4, 0.5) is 5.82 Å². The van der Waals surface area contributed by atoms with Crippen LogP contribution in [0.2, 0.25) is 0 Å². The summed E-state index contributed by atoms with van der Waals surface area (Å²) in [6.07, 6.45) is 1.76. The molecule has 0 unspecified atom stereocenters. The molecular formula is C13H11BrN2O2. The van der Waals surface area contributed by atoms with Crippen LogP contribution in [-0.2, 0) is 4.79 Å². The van der Waals surface area contributed by atoms with E-state index in [9.17, 15) is 4.79 Å². The molecule has 92 valence electrons. The van der Waals surface area contributed by atoms with Gasteiger partial charge in [0.25, 0.3) is 0 Å². The van der Waals surface area contributed by atoms with Crippen molar-refractivity contribution in [2.45, 2.75) is 0 Å². The van der Waals surface area contributed by atoms with Crippen LogP contribution < -0.4 is 4.90 Å². The Hall–Kier alpha value is -1.62. The smallest absolute Gasteiger partial charge is 0.310 e. The number of halogens is 1. The van der Waals surface area contributed by atoms with Crippen LogP contribution >= 0.6 is 15.9 Å². The Morgan fingerprint density at radius 1 is 1.33 bits per heavy atom. The maximum atomic E-state index is 10.8. The van der Waals surface area contributed by atoms with Crippen molar-refractivity contribution >= 4 is 38.5 Å². The van der Waals surface area contributed by atoms with Crippen molar-refractivity contribution in [1.29, 1.82) is 0 Å². The molecule has 3 rings (SSSR count). The van der Waals surface area contributed by atoms with E-state index in [4.69, 9.17) is 5.11 Å². The fraction of sp³-hybridized carbons (Fsp3) is 0.231. The lowest BCUT2D eigenvalue weighted by atomic mass is 9.99. The summed E-state index contributed by atoms with van der Waals surface area (Å²) in [7, 11) is 0. The summed E-state index contributed by atoms with van der Waals surface area (Å²) in [5.41, 5.74) is 0. The second kappa shape index (κ2) is 4.24. The number of nitrogens with zero attached hydrogens (tertiary/aromatic N) is 2. The molecule has 0 radical (unpaired) electrons. The van der Waals surface area contributed by atoms with Crippen molar-refractivity contribution in [2.75, 3.05) is 18.0 Å². The SMILES string of the molecule is O=C(O)C1CN(c2nccc3c(Br)cccc23)C1. The van der Waals surface area contributed by atoms with Gasteiger partial charge in [-0.2, -0.15) is 0 Å². The first-order valence-electron chi connectivity index (χ1n) is 5.68. The van der Waals surface area contributed by atoms with Crippen LogP contribution in [-0.4, -0.2) is 29.1 Å². The predicted molar refractivity (Wildman–Crippen MR) is 72.8 cm³/mol. The molecule has 2 aromatic rings. The van der Waals surface area contributed by atoms with Gasteiger partial charge in [-0.15, -0.1) is 0 Å². The maximum Gasteiger partial charge on any atom is 0.310 e. The van der Waals surface area contributed by atoms with Gasteiger partial charge in [0.1, 0.15) is 5.82 Å². The Morgan fingerprint density at radius 2 is 2.11 bits per heavy atom. The van der Waals surface area contributed by atoms with Gasteiger partial charge in [-0.1, -0.05) is 28.1 Å². The van der Waals surface area contributed by atoms with Crippen molar-refractivity contribution in [2.24, 2.45) is 5.92 Å². The number of fused-ring (bicyclic) bond motifs is 1. The quantitative estimate of drug-likeness (QED) is 0.926. The number of anilines is 1. The van der Waals surface area contributed by atoms with Gasteiger partial charge in [0.2, 0.25) is 0 Å². The van der Waals surface area contributed by atoms with E-state index in [0.717, 1.165) is 21.1 Å². The average Bonchev–Trinajstić information content (AvgIpc) is 2.28. The molecule has 0 saturated carbocycles. The fourth-order valence-corrected chi connectivity index (χ4v) is 2.71. The number of carbonyl (C=O) groups is 1. The van der Waals surface area contributed by atoms with Gasteiger partial charge in [-0.25, -0.2) is 4.98 Å². The number of hydrogen-bond donors (Lipinski definition) is 1. The second-order valence-corrected chi connectivity index (χ2v) is 5.26. The molecule has 0 amide bonds. The van der Waals surface area contributed by atoms with Crippen molar-refractivity contribution in [3.8, 4) is 0 Å². The summed E-state index contributed by atoms with van der Waals surface area (Å²) in [5.74, 6) is -0.131. The zero-order chi connectivity index (χ0) is 12.7. The van der Waals surface area contributed by atoms with Crippen LogP contribution in [0.25, 0.3) is 10.8 Å². The Labute approximate surface area is 112 Å². The third kappa shape index (κ3) is 1.75. The summed E-state index contributed by atoms with van der Waals surface area (Å²) in [4.78, 5) is 17.2. The third-order valence-corrected chi connectivity index (χ3v) is 3.95. The zero-order valence-corrected chi connectivity index (χ0v) is 11.1. The molecule has 1 aliphatic heterocycles. The molecule has 1 saturated heterocycles. The van der Waals surface area contributed by atoms with E-state index in [0.29, 0.717) is 13.1 Å². The predicted octanol–water partition coefficient (Wildman–Crippen LogP) is 2.52. The lowest BCUT2D eigenvalue weighted by Crippen LogP contribution is -2.50. The lowest BCUT2D eigenvalue weighted by Gasteiger charge is -2.38. The molecule has 0 spiro atoms. The molecule has 0 atom stereocenters. The van der Waals surface area contributed by atoms with Gasteiger partial charge >= 0.3 is 5.97 Å². The number of rotatable bonds is 2. The van der Waals surface area contributed by atoms with Crippen molar-refractivity contribution < 1.29 is 9.90 Å². The molecular weight excluding hydrogens is 296 g/mol. The van der Waals surface area contributed by atoms with Crippen LogP contribution in [0.3, 0.4) is 0 Å². The summed E-state index contributed by atoms with van der Waals surface area (Å²) < 4.78 is 1.03. The molecule has 1 aromatic heterocycles. The van der Waals surface area contributed by atoms with Gasteiger partial charge in [-0.3, -0.25) is 4.79 Å². The molecule has 0 bridgehead atoms. The average molecular weight is 307 g/mol. The van der Waals surface area contributed by atoms with Crippen LogP contribution in [0.1, 0.15) is 0 Å². The number of aliphatic carboxylic acids is 1. The first kappa shape index (κ1) is 11.5. The maximum absolute atomic E-state index is 10.8. The van der Waals surface area contributed by atoms with Crippen molar-refractivity contribution in [3.05, 3.63) is 34.9 Å². The van der Waals surface area contributed by atoms with E-state index in [2.05, 4.69) is 20.9 Å². The van der Waals surface area contributed by atoms with Gasteiger partial charge < -0.3 is 10.0 Å². The molecule has 4 nitrogen and oxygen atoms in total. The van der Waals surface area contributed by atoms with Crippen molar-refractivity contribution in [1.82, 2.24) is 4.98 Å². The Morgan fingerprint density at radius 3 is 2.83 bits per heavy atom. The minimum Gasteiger partial charge on any atom is -0.481 e. The van der Waals surface area contributed by atoms with Crippen LogP contribution in [0, 0.1) is 5.92 Å². The number of benzene rings is 1. The van der Waals surface area contributed by atoms with Gasteiger partial charge in [-0.05, 0) is 12.1 Å². The van der Waals surface area contributed by atoms with E-state index in [1.165, 1.54) is 0 Å². The standard InChI is InChI=1S/C13H11BrN2O2/c14-11-3-1-2-10-9(11)4-5-15-12(10)16-6-8(7-16)13(17)18/h1-5,8H,6-7H2,(H,17,18). The van der Waals surface area contributed by atoms with Gasteiger partial charge in [0, 0.05) is 34.5 Å². The number of carboxylic acids is 1. The normalized spacial score (nSPS) is 15.7. The lowest BCUT2D eigenvalue weighted by molar-refractivity contribution is -0.142. The fourth-order valence-electron chi connectivity index (χ4n) is 2.21. The monoisotopic (exact) mass is 306 g/mol. The molecule has 1 N–H and O–H groups in total. The van der Waals surface area contributed by atoms with Crippen molar-refractivity contribution in [3.63, 3.8) is 0 Å². The van der Waals surface area contributed by atoms with E-state index >= 15 is 0 Å². The van der Waals surface area contributed by atoms with E-state index in [-0.39, 0.29) is 5.92 Å². The Kier molecular flexibility index (Phi) is 2.70. The third-order valence-electron chi connectivity index (χ3n) is 3.26. The minimum atomic E-state index is -0.729. The largest absolute Gasteiger partial charge is 0.481 e. The minimum absolute atomic E-state index is 0.269. The molecule has 1 fully saturated rings. The highest BCUT2D eigenvalue weighted by Gasteiger charge is 2.33. The number of aromatic nitrogens is 1.